The molecule has 0 bridgehead atoms. The van der Waals surface area contributed by atoms with Crippen LogP contribution in [-0.2, 0) is 28.2 Å². The van der Waals surface area contributed by atoms with Crippen molar-refractivity contribution >= 4 is 25.7 Å². The number of imide groups is 1. The van der Waals surface area contributed by atoms with E-state index in [0.29, 0.717) is 0 Å². The average molecular weight is 510 g/mol. The van der Waals surface area contributed by atoms with Gasteiger partial charge in [-0.3, -0.25) is 24.3 Å². The van der Waals surface area contributed by atoms with Gasteiger partial charge < -0.3 is 14.0 Å². The van der Waals surface area contributed by atoms with Gasteiger partial charge in [-0.2, -0.15) is 5.09 Å². The standard InChI is InChI=1S/C20H27N6O8P/c1-12-10-26(20(29)22-18(12)27)17-9-15(23-25-21)16(33-17)11-32-35(30,24-13(2)19(28)31-3)34-14-7-5-4-6-8-14/h4-8,12-13,15-17H,9-11H2,1-3H3,(H,24,30)(H,22,27,29)/t12?,13-,15-,16+,17+,35?/m0/s1. The van der Waals surface area contributed by atoms with Gasteiger partial charge in [-0.15, -0.1) is 0 Å². The van der Waals surface area contributed by atoms with E-state index in [2.05, 4.69) is 25.2 Å². The first-order valence-electron chi connectivity index (χ1n) is 10.8. The van der Waals surface area contributed by atoms with Crippen LogP contribution < -0.4 is 14.9 Å². The van der Waals surface area contributed by atoms with E-state index in [1.807, 2.05) is 0 Å². The molecular weight excluding hydrogens is 483 g/mol. The largest absolute Gasteiger partial charge is 0.468 e. The minimum absolute atomic E-state index is 0.125. The molecule has 14 nitrogen and oxygen atoms in total. The molecule has 0 aliphatic carbocycles. The van der Waals surface area contributed by atoms with Gasteiger partial charge >= 0.3 is 19.7 Å². The lowest BCUT2D eigenvalue weighted by Crippen LogP contribution is -2.57. The Morgan fingerprint density at radius 3 is 2.77 bits per heavy atom. The highest BCUT2D eigenvalue weighted by molar-refractivity contribution is 7.52. The molecule has 0 saturated carbocycles. The van der Waals surface area contributed by atoms with Crippen LogP contribution in [0, 0.1) is 5.92 Å². The second kappa shape index (κ2) is 11.5. The van der Waals surface area contributed by atoms with Crippen molar-refractivity contribution in [3.8, 4) is 5.75 Å². The summed E-state index contributed by atoms with van der Waals surface area (Å²) in [6.07, 6.45) is -1.55. The number of azide groups is 1. The van der Waals surface area contributed by atoms with Crippen molar-refractivity contribution in [3.63, 3.8) is 0 Å². The Balaban J connectivity index is 1.74. The second-order valence-electron chi connectivity index (χ2n) is 8.06. The molecule has 1 aromatic rings. The van der Waals surface area contributed by atoms with E-state index in [1.54, 1.807) is 37.3 Å². The van der Waals surface area contributed by atoms with Crippen LogP contribution in [0.1, 0.15) is 20.3 Å². The van der Waals surface area contributed by atoms with E-state index >= 15 is 0 Å². The summed E-state index contributed by atoms with van der Waals surface area (Å²) in [5.41, 5.74) is 8.98. The van der Waals surface area contributed by atoms with Crippen LogP contribution in [0.2, 0.25) is 0 Å². The number of carbonyl (C=O) groups excluding carboxylic acids is 3. The Morgan fingerprint density at radius 1 is 1.40 bits per heavy atom. The van der Waals surface area contributed by atoms with Crippen LogP contribution in [0.3, 0.4) is 0 Å². The van der Waals surface area contributed by atoms with Crippen LogP contribution >= 0.6 is 7.75 Å². The fourth-order valence-corrected chi connectivity index (χ4v) is 5.11. The van der Waals surface area contributed by atoms with Crippen LogP contribution in [0.5, 0.6) is 5.75 Å². The van der Waals surface area contributed by atoms with E-state index in [9.17, 15) is 18.9 Å². The molecule has 2 heterocycles. The number of ether oxygens (including phenoxy) is 2. The van der Waals surface area contributed by atoms with Gasteiger partial charge in [0.25, 0.3) is 0 Å². The van der Waals surface area contributed by atoms with Gasteiger partial charge in [-0.1, -0.05) is 30.2 Å². The molecule has 3 amide bonds. The first-order valence-corrected chi connectivity index (χ1v) is 12.4. The van der Waals surface area contributed by atoms with Crippen molar-refractivity contribution in [1.29, 1.82) is 0 Å². The average Bonchev–Trinajstić information content (AvgIpc) is 3.23. The summed E-state index contributed by atoms with van der Waals surface area (Å²) in [5.74, 6) is -1.30. The summed E-state index contributed by atoms with van der Waals surface area (Å²) < 4.78 is 35.2. The van der Waals surface area contributed by atoms with Gasteiger partial charge in [0.1, 0.15) is 18.0 Å². The molecule has 6 atom stereocenters. The summed E-state index contributed by atoms with van der Waals surface area (Å²) in [6.45, 7) is 2.87. The molecule has 2 aliphatic heterocycles. The zero-order valence-electron chi connectivity index (χ0n) is 19.4. The van der Waals surface area contributed by atoms with Crippen LogP contribution in [0.15, 0.2) is 35.4 Å². The molecule has 1 aromatic carbocycles. The number of hydrogen-bond acceptors (Lipinski definition) is 9. The molecule has 35 heavy (non-hydrogen) atoms. The Bertz CT molecular complexity index is 1040. The third kappa shape index (κ3) is 6.71. The normalized spacial score (nSPS) is 26.8. The lowest BCUT2D eigenvalue weighted by molar-refractivity contribution is -0.142. The third-order valence-electron chi connectivity index (χ3n) is 5.44. The quantitative estimate of drug-likeness (QED) is 0.157. The number of para-hydroxylation sites is 1. The lowest BCUT2D eigenvalue weighted by Gasteiger charge is -2.34. The zero-order chi connectivity index (χ0) is 25.6. The van der Waals surface area contributed by atoms with E-state index < -0.39 is 50.1 Å². The van der Waals surface area contributed by atoms with Crippen molar-refractivity contribution in [2.75, 3.05) is 20.3 Å². The van der Waals surface area contributed by atoms with Crippen LogP contribution in [-0.4, -0.2) is 67.5 Å². The topological polar surface area (TPSA) is 181 Å². The molecule has 0 aromatic heterocycles. The number of rotatable bonds is 10. The van der Waals surface area contributed by atoms with Crippen molar-refractivity contribution in [2.24, 2.45) is 11.0 Å². The van der Waals surface area contributed by atoms with Crippen LogP contribution in [0.25, 0.3) is 10.4 Å². The number of nitrogens with zero attached hydrogens (tertiary/aromatic N) is 4. The molecule has 2 N–H and O–H groups in total. The Morgan fingerprint density at radius 2 is 2.11 bits per heavy atom. The molecule has 0 spiro atoms. The first-order chi connectivity index (χ1) is 16.7. The molecule has 3 rings (SSSR count). The molecule has 2 unspecified atom stereocenters. The molecule has 0 radical (unpaired) electrons. The first kappa shape index (κ1) is 26.5. The molecule has 2 saturated heterocycles. The highest BCUT2D eigenvalue weighted by Crippen LogP contribution is 2.45. The summed E-state index contributed by atoms with van der Waals surface area (Å²) in [6, 6.07) is 5.79. The van der Waals surface area contributed by atoms with Gasteiger partial charge in [-0.25, -0.2) is 9.36 Å². The summed E-state index contributed by atoms with van der Waals surface area (Å²) >= 11 is 0. The summed E-state index contributed by atoms with van der Waals surface area (Å²) in [4.78, 5) is 40.1. The number of nitrogens with one attached hydrogen (secondary N) is 2. The second-order valence-corrected chi connectivity index (χ2v) is 9.75. The predicted molar refractivity (Wildman–Crippen MR) is 121 cm³/mol. The number of carbonyl (C=O) groups is 3. The number of benzene rings is 1. The zero-order valence-corrected chi connectivity index (χ0v) is 20.3. The van der Waals surface area contributed by atoms with E-state index in [-0.39, 0.29) is 31.2 Å². The smallest absolute Gasteiger partial charge is 0.459 e. The van der Waals surface area contributed by atoms with Gasteiger partial charge in [0, 0.05) is 17.9 Å². The number of hydrogen-bond donors (Lipinski definition) is 2. The van der Waals surface area contributed by atoms with Crippen molar-refractivity contribution in [2.45, 2.75) is 44.7 Å². The fraction of sp³-hybridized carbons (Fsp3) is 0.550. The highest BCUT2D eigenvalue weighted by Gasteiger charge is 2.44. The number of esters is 1. The van der Waals surface area contributed by atoms with Crippen molar-refractivity contribution in [3.05, 3.63) is 40.8 Å². The molecule has 15 heteroatoms. The van der Waals surface area contributed by atoms with Gasteiger partial charge in [0.15, 0.2) is 0 Å². The van der Waals surface area contributed by atoms with Gasteiger partial charge in [-0.05, 0) is 24.6 Å². The Hall–Kier alpha value is -3.15. The molecule has 2 aliphatic rings. The molecular formula is C20H27N6O8P. The number of methoxy groups -OCH3 is 1. The monoisotopic (exact) mass is 510 g/mol. The third-order valence-corrected chi connectivity index (χ3v) is 7.09. The lowest BCUT2D eigenvalue weighted by atomic mass is 10.1. The van der Waals surface area contributed by atoms with E-state index in [1.165, 1.54) is 18.9 Å². The van der Waals surface area contributed by atoms with Crippen molar-refractivity contribution < 1.29 is 37.5 Å². The summed E-state index contributed by atoms with van der Waals surface area (Å²) in [5, 5.41) is 8.50. The number of amides is 3. The van der Waals surface area contributed by atoms with Gasteiger partial charge in [0.2, 0.25) is 5.91 Å². The number of urea groups is 1. The maximum absolute atomic E-state index is 13.5. The predicted octanol–water partition coefficient (Wildman–Crippen LogP) is 2.32. The van der Waals surface area contributed by atoms with E-state index in [4.69, 9.17) is 19.3 Å². The van der Waals surface area contributed by atoms with Gasteiger partial charge in [0.05, 0.1) is 31.8 Å². The molecule has 190 valence electrons. The fourth-order valence-electron chi connectivity index (χ4n) is 3.60. The Kier molecular flexibility index (Phi) is 8.71. The minimum Gasteiger partial charge on any atom is -0.468 e. The molecule has 2 fully saturated rings. The maximum atomic E-state index is 13.5. The minimum atomic E-state index is -4.15. The Labute approximate surface area is 201 Å². The summed E-state index contributed by atoms with van der Waals surface area (Å²) in [7, 11) is -2.96. The van der Waals surface area contributed by atoms with E-state index in [0.717, 1.165) is 0 Å². The maximum Gasteiger partial charge on any atom is 0.459 e. The highest BCUT2D eigenvalue weighted by atomic mass is 31.2. The van der Waals surface area contributed by atoms with Crippen molar-refractivity contribution in [1.82, 2.24) is 15.3 Å². The SMILES string of the molecule is COC(=O)[C@H](C)NP(=O)(OC[C@H]1O[C@@H](N2CC(C)C(=O)NC2=O)C[C@@H]1N=[N+]=[N-])Oc1ccccc1. The van der Waals surface area contributed by atoms with Crippen LogP contribution in [0.4, 0.5) is 4.79 Å².